The Labute approximate surface area is 111 Å². The van der Waals surface area contributed by atoms with Gasteiger partial charge in [-0.3, -0.25) is 0 Å². The second-order valence-corrected chi connectivity index (χ2v) is 5.19. The van der Waals surface area contributed by atoms with Crippen molar-refractivity contribution in [3.8, 4) is 0 Å². The van der Waals surface area contributed by atoms with Gasteiger partial charge in [-0.25, -0.2) is 4.98 Å². The normalized spacial score (nSPS) is 13.9. The van der Waals surface area contributed by atoms with Gasteiger partial charge in [-0.15, -0.1) is 0 Å². The van der Waals surface area contributed by atoms with E-state index in [1.54, 1.807) is 0 Å². The molecule has 1 atom stereocenters. The highest BCUT2D eigenvalue weighted by Crippen LogP contribution is 2.29. The van der Waals surface area contributed by atoms with Crippen molar-refractivity contribution in [3.05, 3.63) is 23.9 Å². The zero-order valence-corrected chi connectivity index (χ0v) is 11.6. The minimum atomic E-state index is -4.34. The predicted molar refractivity (Wildman–Crippen MR) is 70.0 cm³/mol. The molecule has 0 aromatic carbocycles. The summed E-state index contributed by atoms with van der Waals surface area (Å²) in [7, 11) is 3.91. The van der Waals surface area contributed by atoms with E-state index in [0.29, 0.717) is 11.7 Å². The van der Waals surface area contributed by atoms with Crippen LogP contribution in [0.2, 0.25) is 0 Å². The molecule has 0 aliphatic carbocycles. The molecule has 0 spiro atoms. The van der Waals surface area contributed by atoms with Crippen molar-refractivity contribution in [1.82, 2.24) is 9.88 Å². The maximum atomic E-state index is 12.4. The fourth-order valence-corrected chi connectivity index (χ4v) is 1.65. The molecule has 3 nitrogen and oxygen atoms in total. The van der Waals surface area contributed by atoms with Gasteiger partial charge in [-0.05, 0) is 32.1 Å². The number of likely N-dealkylation sites (N-methyl/N-ethyl adjacent to an activating group) is 1. The van der Waals surface area contributed by atoms with Crippen LogP contribution in [0.1, 0.15) is 19.4 Å². The fraction of sp³-hybridized carbons (Fsp3) is 0.615. The lowest BCUT2D eigenvalue weighted by Crippen LogP contribution is -2.36. The van der Waals surface area contributed by atoms with Gasteiger partial charge in [0.1, 0.15) is 5.82 Å². The second kappa shape index (κ2) is 6.23. The highest BCUT2D eigenvalue weighted by molar-refractivity contribution is 5.37. The van der Waals surface area contributed by atoms with Gasteiger partial charge in [0.05, 0.1) is 5.56 Å². The van der Waals surface area contributed by atoms with Crippen molar-refractivity contribution in [3.63, 3.8) is 0 Å². The number of nitrogens with zero attached hydrogens (tertiary/aromatic N) is 2. The molecule has 0 radical (unpaired) electrons. The molecule has 0 saturated heterocycles. The van der Waals surface area contributed by atoms with E-state index in [9.17, 15) is 13.2 Å². The van der Waals surface area contributed by atoms with E-state index >= 15 is 0 Å². The monoisotopic (exact) mass is 275 g/mol. The molecule has 0 aliphatic rings. The minimum absolute atomic E-state index is 0.138. The van der Waals surface area contributed by atoms with Crippen LogP contribution in [0.5, 0.6) is 0 Å². The Balaban J connectivity index is 2.75. The Morgan fingerprint density at radius 1 is 1.26 bits per heavy atom. The number of nitrogens with one attached hydrogen (secondary N) is 1. The Morgan fingerprint density at radius 3 is 2.26 bits per heavy atom. The number of hydrogen-bond donors (Lipinski definition) is 1. The summed E-state index contributed by atoms with van der Waals surface area (Å²) >= 11 is 0. The molecule has 1 aromatic heterocycles. The zero-order chi connectivity index (χ0) is 14.6. The van der Waals surface area contributed by atoms with Gasteiger partial charge >= 0.3 is 6.18 Å². The summed E-state index contributed by atoms with van der Waals surface area (Å²) in [5.74, 6) is 0.819. The molecule has 1 aromatic rings. The third kappa shape index (κ3) is 5.06. The first-order valence-corrected chi connectivity index (χ1v) is 6.14. The van der Waals surface area contributed by atoms with Crippen LogP contribution in [0.3, 0.4) is 0 Å². The number of alkyl halides is 3. The van der Waals surface area contributed by atoms with E-state index in [0.717, 1.165) is 18.8 Å². The van der Waals surface area contributed by atoms with Crippen molar-refractivity contribution in [2.75, 3.05) is 26.0 Å². The zero-order valence-electron chi connectivity index (χ0n) is 11.6. The first-order chi connectivity index (χ1) is 8.70. The smallest absolute Gasteiger partial charge is 0.366 e. The van der Waals surface area contributed by atoms with Crippen LogP contribution in [0, 0.1) is 5.92 Å². The number of rotatable bonds is 5. The molecule has 0 fully saturated rings. The molecule has 108 valence electrons. The lowest BCUT2D eigenvalue weighted by atomic mass is 10.0. The maximum Gasteiger partial charge on any atom is 0.417 e. The molecule has 19 heavy (non-hydrogen) atoms. The molecule has 1 unspecified atom stereocenters. The molecule has 6 heteroatoms. The lowest BCUT2D eigenvalue weighted by molar-refractivity contribution is -0.137. The number of aromatic nitrogens is 1. The summed E-state index contributed by atoms with van der Waals surface area (Å²) in [4.78, 5) is 5.85. The third-order valence-corrected chi connectivity index (χ3v) is 2.79. The SMILES string of the molecule is CC(C)C(CN(C)C)Nc1ccc(C(F)(F)F)cn1. The molecule has 1 rings (SSSR count). The minimum Gasteiger partial charge on any atom is -0.366 e. The van der Waals surface area contributed by atoms with Crippen molar-refractivity contribution in [2.24, 2.45) is 5.92 Å². The topological polar surface area (TPSA) is 28.2 Å². The van der Waals surface area contributed by atoms with Crippen molar-refractivity contribution < 1.29 is 13.2 Å². The van der Waals surface area contributed by atoms with Crippen molar-refractivity contribution in [2.45, 2.75) is 26.1 Å². The van der Waals surface area contributed by atoms with Crippen LogP contribution in [0.4, 0.5) is 19.0 Å². The van der Waals surface area contributed by atoms with Crippen LogP contribution in [-0.2, 0) is 6.18 Å². The molecule has 1 heterocycles. The quantitative estimate of drug-likeness (QED) is 0.895. The Morgan fingerprint density at radius 2 is 1.89 bits per heavy atom. The molecule has 0 amide bonds. The second-order valence-electron chi connectivity index (χ2n) is 5.19. The summed E-state index contributed by atoms with van der Waals surface area (Å²) in [6.07, 6.45) is -3.48. The number of anilines is 1. The summed E-state index contributed by atoms with van der Waals surface area (Å²) in [6, 6.07) is 2.55. The van der Waals surface area contributed by atoms with Gasteiger partial charge in [0, 0.05) is 18.8 Å². The van der Waals surface area contributed by atoms with E-state index in [2.05, 4.69) is 24.1 Å². The summed E-state index contributed by atoms with van der Waals surface area (Å²) in [5.41, 5.74) is -0.730. The van der Waals surface area contributed by atoms with Gasteiger partial charge < -0.3 is 10.2 Å². The molecule has 0 saturated carbocycles. The first kappa shape index (κ1) is 15.8. The maximum absolute atomic E-state index is 12.4. The van der Waals surface area contributed by atoms with E-state index < -0.39 is 11.7 Å². The van der Waals surface area contributed by atoms with Crippen LogP contribution in [0.15, 0.2) is 18.3 Å². The fourth-order valence-electron chi connectivity index (χ4n) is 1.65. The average Bonchev–Trinajstić information content (AvgIpc) is 2.27. The largest absolute Gasteiger partial charge is 0.417 e. The molecule has 0 bridgehead atoms. The number of pyridine rings is 1. The highest BCUT2D eigenvalue weighted by Gasteiger charge is 2.30. The van der Waals surface area contributed by atoms with Crippen LogP contribution >= 0.6 is 0 Å². The molecule has 0 aliphatic heterocycles. The van der Waals surface area contributed by atoms with E-state index in [-0.39, 0.29) is 6.04 Å². The standard InChI is InChI=1S/C13H20F3N3/c1-9(2)11(8-19(3)4)18-12-6-5-10(7-17-12)13(14,15)16/h5-7,9,11H,8H2,1-4H3,(H,17,18). The summed E-state index contributed by atoms with van der Waals surface area (Å²) in [6.45, 7) is 4.91. The van der Waals surface area contributed by atoms with E-state index in [1.165, 1.54) is 6.07 Å². The van der Waals surface area contributed by atoms with Crippen LogP contribution < -0.4 is 5.32 Å². The Hall–Kier alpha value is -1.30. The van der Waals surface area contributed by atoms with Crippen LogP contribution in [-0.4, -0.2) is 36.6 Å². The summed E-state index contributed by atoms with van der Waals surface area (Å²) in [5, 5.41) is 3.17. The van der Waals surface area contributed by atoms with Gasteiger partial charge in [0.25, 0.3) is 0 Å². The molecular formula is C13H20F3N3. The van der Waals surface area contributed by atoms with Gasteiger partial charge in [-0.2, -0.15) is 13.2 Å². The number of halogens is 3. The van der Waals surface area contributed by atoms with Gasteiger partial charge in [0.2, 0.25) is 0 Å². The average molecular weight is 275 g/mol. The molecular weight excluding hydrogens is 255 g/mol. The third-order valence-electron chi connectivity index (χ3n) is 2.79. The van der Waals surface area contributed by atoms with Crippen molar-refractivity contribution >= 4 is 5.82 Å². The predicted octanol–water partition coefficient (Wildman–Crippen LogP) is 3.10. The van der Waals surface area contributed by atoms with E-state index in [1.807, 2.05) is 19.0 Å². The van der Waals surface area contributed by atoms with Gasteiger partial charge in [0.15, 0.2) is 0 Å². The first-order valence-electron chi connectivity index (χ1n) is 6.14. The van der Waals surface area contributed by atoms with Crippen LogP contribution in [0.25, 0.3) is 0 Å². The Bertz CT molecular complexity index is 385. The highest BCUT2D eigenvalue weighted by atomic mass is 19.4. The lowest BCUT2D eigenvalue weighted by Gasteiger charge is -2.26. The number of hydrogen-bond acceptors (Lipinski definition) is 3. The summed E-state index contributed by atoms with van der Waals surface area (Å²) < 4.78 is 37.2. The van der Waals surface area contributed by atoms with Gasteiger partial charge in [-0.1, -0.05) is 13.8 Å². The van der Waals surface area contributed by atoms with Crippen molar-refractivity contribution in [1.29, 1.82) is 0 Å². The Kier molecular flexibility index (Phi) is 5.17. The molecule has 1 N–H and O–H groups in total. The van der Waals surface area contributed by atoms with E-state index in [4.69, 9.17) is 0 Å².